The normalized spacial score (nSPS) is 10.6. The summed E-state index contributed by atoms with van der Waals surface area (Å²) in [4.78, 5) is 22.5. The summed E-state index contributed by atoms with van der Waals surface area (Å²) in [6.07, 6.45) is 0. The van der Waals surface area contributed by atoms with Gasteiger partial charge in [0.25, 0.3) is 5.91 Å². The fraction of sp³-hybridized carbons (Fsp3) is 0. The Morgan fingerprint density at radius 1 is 1.18 bits per heavy atom. The van der Waals surface area contributed by atoms with Crippen molar-refractivity contribution in [3.8, 4) is 0 Å². The van der Waals surface area contributed by atoms with Gasteiger partial charge >= 0.3 is 5.69 Å². The number of hydrogen-bond acceptors (Lipinski definition) is 4. The molecule has 3 rings (SSSR count). The van der Waals surface area contributed by atoms with Gasteiger partial charge in [0, 0.05) is 16.5 Å². The molecule has 1 amide bonds. The van der Waals surface area contributed by atoms with E-state index < -0.39 is 16.4 Å². The third-order valence-corrected chi connectivity index (χ3v) is 4.16. The maximum Gasteiger partial charge on any atom is 0.306 e. The van der Waals surface area contributed by atoms with E-state index in [0.717, 1.165) is 22.2 Å². The molecular formula is C15H9FN2O3S. The third-order valence-electron chi connectivity index (χ3n) is 3.05. The van der Waals surface area contributed by atoms with Crippen LogP contribution in [0.1, 0.15) is 9.67 Å². The smallest absolute Gasteiger partial charge is 0.306 e. The van der Waals surface area contributed by atoms with E-state index in [1.54, 1.807) is 6.07 Å². The van der Waals surface area contributed by atoms with Crippen LogP contribution in [0.4, 0.5) is 15.8 Å². The van der Waals surface area contributed by atoms with Gasteiger partial charge in [-0.1, -0.05) is 18.2 Å². The molecule has 0 atom stereocenters. The van der Waals surface area contributed by atoms with E-state index in [0.29, 0.717) is 4.88 Å². The minimum Gasteiger partial charge on any atom is -0.321 e. The lowest BCUT2D eigenvalue weighted by molar-refractivity contribution is -0.387. The van der Waals surface area contributed by atoms with Gasteiger partial charge in [-0.15, -0.1) is 11.3 Å². The Balaban J connectivity index is 1.87. The Kier molecular flexibility index (Phi) is 3.56. The molecule has 1 heterocycles. The summed E-state index contributed by atoms with van der Waals surface area (Å²) in [5.41, 5.74) is -0.496. The van der Waals surface area contributed by atoms with E-state index in [2.05, 4.69) is 5.32 Å². The van der Waals surface area contributed by atoms with E-state index in [4.69, 9.17) is 0 Å². The number of benzene rings is 2. The number of hydrogen-bond donors (Lipinski definition) is 1. The first kappa shape index (κ1) is 14.2. The Labute approximate surface area is 128 Å². The minimum absolute atomic E-state index is 0.176. The number of nitro groups is 1. The van der Waals surface area contributed by atoms with Crippen molar-refractivity contribution in [2.24, 2.45) is 0 Å². The van der Waals surface area contributed by atoms with Gasteiger partial charge in [-0.05, 0) is 29.7 Å². The zero-order chi connectivity index (χ0) is 15.7. The number of carbonyl (C=O) groups is 1. The standard InChI is InChI=1S/C15H9FN2O3S/c16-11-6-5-10(8-12(11)18(20)21)17-15(19)14-7-9-3-1-2-4-13(9)22-14/h1-8H,(H,17,19). The second-order valence-electron chi connectivity index (χ2n) is 4.53. The molecule has 110 valence electrons. The highest BCUT2D eigenvalue weighted by Crippen LogP contribution is 2.27. The molecule has 0 fully saturated rings. The molecule has 0 saturated heterocycles. The van der Waals surface area contributed by atoms with Gasteiger partial charge in [-0.25, -0.2) is 0 Å². The molecule has 0 radical (unpaired) electrons. The lowest BCUT2D eigenvalue weighted by Gasteiger charge is -2.03. The first-order valence-corrected chi connectivity index (χ1v) is 7.10. The van der Waals surface area contributed by atoms with Crippen molar-refractivity contribution in [1.82, 2.24) is 0 Å². The first-order valence-electron chi connectivity index (χ1n) is 6.28. The molecule has 1 aromatic heterocycles. The molecule has 0 aliphatic rings. The summed E-state index contributed by atoms with van der Waals surface area (Å²) < 4.78 is 14.2. The number of fused-ring (bicyclic) bond motifs is 1. The number of rotatable bonds is 3. The lowest BCUT2D eigenvalue weighted by atomic mass is 10.2. The largest absolute Gasteiger partial charge is 0.321 e. The number of nitrogens with one attached hydrogen (secondary N) is 1. The fourth-order valence-corrected chi connectivity index (χ4v) is 2.97. The van der Waals surface area contributed by atoms with Crippen LogP contribution in [0.2, 0.25) is 0 Å². The Bertz CT molecular complexity index is 858. The maximum absolute atomic E-state index is 13.3. The molecule has 7 heteroatoms. The van der Waals surface area contributed by atoms with Crippen molar-refractivity contribution in [1.29, 1.82) is 0 Å². The van der Waals surface area contributed by atoms with Crippen molar-refractivity contribution in [3.63, 3.8) is 0 Å². The summed E-state index contributed by atoms with van der Waals surface area (Å²) in [6.45, 7) is 0. The molecule has 0 spiro atoms. The maximum atomic E-state index is 13.3. The summed E-state index contributed by atoms with van der Waals surface area (Å²) in [5, 5.41) is 14.2. The molecule has 0 aliphatic heterocycles. The molecular weight excluding hydrogens is 307 g/mol. The average molecular weight is 316 g/mol. The van der Waals surface area contributed by atoms with Gasteiger partial charge in [0.1, 0.15) is 0 Å². The highest BCUT2D eigenvalue weighted by molar-refractivity contribution is 7.20. The van der Waals surface area contributed by atoms with E-state index >= 15 is 0 Å². The molecule has 2 aromatic carbocycles. The van der Waals surface area contributed by atoms with E-state index in [1.807, 2.05) is 24.3 Å². The van der Waals surface area contributed by atoms with Gasteiger partial charge in [0.15, 0.2) is 0 Å². The van der Waals surface area contributed by atoms with Gasteiger partial charge in [-0.3, -0.25) is 14.9 Å². The zero-order valence-corrected chi connectivity index (χ0v) is 11.9. The van der Waals surface area contributed by atoms with Crippen LogP contribution in [0, 0.1) is 15.9 Å². The molecule has 1 N–H and O–H groups in total. The van der Waals surface area contributed by atoms with E-state index in [-0.39, 0.29) is 11.6 Å². The summed E-state index contributed by atoms with van der Waals surface area (Å²) >= 11 is 1.32. The predicted octanol–water partition coefficient (Wildman–Crippen LogP) is 4.20. The number of anilines is 1. The van der Waals surface area contributed by atoms with E-state index in [9.17, 15) is 19.3 Å². The highest BCUT2D eigenvalue weighted by atomic mass is 32.1. The number of halogens is 1. The Morgan fingerprint density at radius 3 is 2.68 bits per heavy atom. The van der Waals surface area contributed by atoms with Crippen LogP contribution in [0.5, 0.6) is 0 Å². The van der Waals surface area contributed by atoms with Crippen LogP contribution in [0.3, 0.4) is 0 Å². The topological polar surface area (TPSA) is 72.2 Å². The van der Waals surface area contributed by atoms with Crippen molar-refractivity contribution in [2.45, 2.75) is 0 Å². The fourth-order valence-electron chi connectivity index (χ4n) is 2.02. The van der Waals surface area contributed by atoms with Crippen LogP contribution in [0.25, 0.3) is 10.1 Å². The molecule has 22 heavy (non-hydrogen) atoms. The van der Waals surface area contributed by atoms with Crippen LogP contribution in [0.15, 0.2) is 48.5 Å². The average Bonchev–Trinajstić information content (AvgIpc) is 2.93. The number of amides is 1. The van der Waals surface area contributed by atoms with Crippen LogP contribution < -0.4 is 5.32 Å². The third kappa shape index (κ3) is 2.66. The summed E-state index contributed by atoms with van der Waals surface area (Å²) in [5.74, 6) is -1.33. The Morgan fingerprint density at radius 2 is 1.95 bits per heavy atom. The quantitative estimate of drug-likeness (QED) is 0.581. The van der Waals surface area contributed by atoms with Crippen molar-refractivity contribution in [2.75, 3.05) is 5.32 Å². The van der Waals surface area contributed by atoms with Gasteiger partial charge < -0.3 is 5.32 Å². The zero-order valence-electron chi connectivity index (χ0n) is 11.1. The highest BCUT2D eigenvalue weighted by Gasteiger charge is 2.16. The number of nitrogens with zero attached hydrogens (tertiary/aromatic N) is 1. The van der Waals surface area contributed by atoms with E-state index in [1.165, 1.54) is 17.4 Å². The predicted molar refractivity (Wildman–Crippen MR) is 82.8 cm³/mol. The number of carbonyl (C=O) groups excluding carboxylic acids is 1. The van der Waals surface area contributed by atoms with Gasteiger partial charge in [-0.2, -0.15) is 4.39 Å². The van der Waals surface area contributed by atoms with Gasteiger partial charge in [0.05, 0.1) is 9.80 Å². The molecule has 0 bridgehead atoms. The first-order chi connectivity index (χ1) is 10.5. The molecule has 0 aliphatic carbocycles. The molecule has 3 aromatic rings. The minimum atomic E-state index is -0.940. The molecule has 0 saturated carbocycles. The number of thiophene rings is 1. The second-order valence-corrected chi connectivity index (χ2v) is 5.61. The van der Waals surface area contributed by atoms with Crippen LogP contribution >= 0.6 is 11.3 Å². The summed E-state index contributed by atoms with van der Waals surface area (Å²) in [6, 6.07) is 12.5. The van der Waals surface area contributed by atoms with Crippen LogP contribution in [-0.2, 0) is 0 Å². The summed E-state index contributed by atoms with van der Waals surface area (Å²) in [7, 11) is 0. The molecule has 5 nitrogen and oxygen atoms in total. The second kappa shape index (κ2) is 5.53. The van der Waals surface area contributed by atoms with Gasteiger partial charge in [0.2, 0.25) is 5.82 Å². The molecule has 0 unspecified atom stereocenters. The van der Waals surface area contributed by atoms with Crippen molar-refractivity contribution >= 4 is 38.7 Å². The van der Waals surface area contributed by atoms with Crippen molar-refractivity contribution in [3.05, 3.63) is 69.3 Å². The SMILES string of the molecule is O=C(Nc1ccc(F)c([N+](=O)[O-])c1)c1cc2ccccc2s1. The van der Waals surface area contributed by atoms with Crippen molar-refractivity contribution < 1.29 is 14.1 Å². The number of nitro benzene ring substituents is 1. The monoisotopic (exact) mass is 316 g/mol. The van der Waals surface area contributed by atoms with Crippen LogP contribution in [-0.4, -0.2) is 10.8 Å². The lowest BCUT2D eigenvalue weighted by Crippen LogP contribution is -2.10. The Hall–Kier alpha value is -2.80.